The maximum Gasteiger partial charge on any atom is 0.328 e. The van der Waals surface area contributed by atoms with Crippen molar-refractivity contribution in [3.8, 4) is 45.6 Å². The van der Waals surface area contributed by atoms with Crippen molar-refractivity contribution in [1.29, 1.82) is 0 Å². The van der Waals surface area contributed by atoms with Crippen LogP contribution in [0.4, 0.5) is 0 Å². The molecule has 4 aromatic carbocycles. The lowest BCUT2D eigenvalue weighted by atomic mass is 10.1. The molecule has 13 rings (SSSR count). The summed E-state index contributed by atoms with van der Waals surface area (Å²) in [6.45, 7) is 0. The highest BCUT2D eigenvalue weighted by Crippen LogP contribution is 2.40. The van der Waals surface area contributed by atoms with Gasteiger partial charge in [0.1, 0.15) is 22.6 Å². The van der Waals surface area contributed by atoms with Gasteiger partial charge >= 0.3 is 22.8 Å². The minimum Gasteiger partial charge on any atom is -0.324 e. The largest absolute Gasteiger partial charge is 0.328 e. The van der Waals surface area contributed by atoms with E-state index in [1.807, 2.05) is 48.5 Å². The summed E-state index contributed by atoms with van der Waals surface area (Å²) in [5.74, 6) is 1.32. The van der Waals surface area contributed by atoms with Gasteiger partial charge in [-0.3, -0.25) is 36.5 Å². The Morgan fingerprint density at radius 2 is 0.484 bits per heavy atom. The monoisotopic (exact) mass is 850 g/mol. The molecule has 0 radical (unpaired) electrons. The second kappa shape index (κ2) is 11.6. The highest BCUT2D eigenvalue weighted by molar-refractivity contribution is 6.12. The van der Waals surface area contributed by atoms with Crippen LogP contribution in [0, 0.1) is 0 Å². The minimum absolute atomic E-state index is 0.188. The summed E-state index contributed by atoms with van der Waals surface area (Å²) in [7, 11) is 13.8. The molecule has 64 heavy (non-hydrogen) atoms. The van der Waals surface area contributed by atoms with Crippen LogP contribution in [0.3, 0.4) is 0 Å². The molecule has 0 saturated carbocycles. The van der Waals surface area contributed by atoms with Crippen LogP contribution in [0.5, 0.6) is 0 Å². The molecule has 20 nitrogen and oxygen atoms in total. The van der Waals surface area contributed by atoms with Crippen molar-refractivity contribution >= 4 is 88.3 Å². The number of fused-ring (bicyclic) bond motifs is 24. The average Bonchev–Trinajstić information content (AvgIpc) is 4.15. The SMILES string of the molecule is Cn1c(=O)n(C)c2cc3c(cc21)-c1nc-3nc2[nH]c(nc3nc(nc4[nH]c(n1)c1cc5c(cc41)n(C)c(=O)n5C)-c1cc4c(cc1-3)n(C)c(=O)n4C)c1cc3c(cc21)n(C)c(=O)n3C. The van der Waals surface area contributed by atoms with Crippen molar-refractivity contribution in [2.45, 2.75) is 0 Å². The summed E-state index contributed by atoms with van der Waals surface area (Å²) in [6, 6.07) is 15.2. The van der Waals surface area contributed by atoms with Gasteiger partial charge in [-0.2, -0.15) is 0 Å². The molecule has 2 N–H and O–H groups in total. The summed E-state index contributed by atoms with van der Waals surface area (Å²) < 4.78 is 12.7. The molecular weight excluding hydrogens is 817 g/mol. The Kier molecular flexibility index (Phi) is 6.54. The maximum atomic E-state index is 13.3. The van der Waals surface area contributed by atoms with E-state index in [1.165, 1.54) is 0 Å². The highest BCUT2D eigenvalue weighted by atomic mass is 16.2. The fourth-order valence-corrected chi connectivity index (χ4v) is 9.76. The molecule has 0 amide bonds. The van der Waals surface area contributed by atoms with Gasteiger partial charge in [0.15, 0.2) is 23.3 Å². The number of H-pyrrole nitrogens is 2. The average molecular weight is 851 g/mol. The molecule has 0 unspecified atom stereocenters. The quantitative estimate of drug-likeness (QED) is 0.226. The van der Waals surface area contributed by atoms with Crippen LogP contribution in [0.1, 0.15) is 0 Å². The van der Waals surface area contributed by atoms with Gasteiger partial charge in [-0.15, -0.1) is 0 Å². The number of benzene rings is 4. The molecule has 7 aromatic heterocycles. The van der Waals surface area contributed by atoms with Crippen molar-refractivity contribution in [3.63, 3.8) is 0 Å². The van der Waals surface area contributed by atoms with Crippen LogP contribution in [0.15, 0.2) is 67.7 Å². The van der Waals surface area contributed by atoms with E-state index < -0.39 is 0 Å². The predicted molar refractivity (Wildman–Crippen MR) is 243 cm³/mol. The highest BCUT2D eigenvalue weighted by Gasteiger charge is 2.27. The number of hydrogen-bond donors (Lipinski definition) is 2. The number of aromatic amines is 2. The number of nitrogens with one attached hydrogen (secondary N) is 2. The van der Waals surface area contributed by atoms with E-state index >= 15 is 0 Å². The van der Waals surface area contributed by atoms with E-state index in [-0.39, 0.29) is 22.8 Å². The van der Waals surface area contributed by atoms with Crippen LogP contribution in [-0.2, 0) is 56.4 Å². The van der Waals surface area contributed by atoms with E-state index in [0.717, 1.165) is 0 Å². The third kappa shape index (κ3) is 4.34. The van der Waals surface area contributed by atoms with Crippen LogP contribution >= 0.6 is 0 Å². The van der Waals surface area contributed by atoms with E-state index in [1.54, 1.807) is 92.9 Å². The summed E-state index contributed by atoms with van der Waals surface area (Å²) in [5.41, 5.74) is 8.98. The van der Waals surface area contributed by atoms with Crippen LogP contribution in [-0.4, -0.2) is 76.4 Å². The topological polar surface area (TPSA) is 217 Å². The van der Waals surface area contributed by atoms with E-state index in [4.69, 9.17) is 29.9 Å². The Morgan fingerprint density at radius 1 is 0.297 bits per heavy atom. The molecule has 2 aliphatic rings. The van der Waals surface area contributed by atoms with Gasteiger partial charge in [0, 0.05) is 100 Å². The second-order valence-electron chi connectivity index (χ2n) is 16.8. The number of imidazole rings is 4. The van der Waals surface area contributed by atoms with Crippen molar-refractivity contribution in [2.75, 3.05) is 0 Å². The zero-order valence-corrected chi connectivity index (χ0v) is 35.5. The Hall–Kier alpha value is -8.68. The molecule has 314 valence electrons. The molecule has 0 atom stereocenters. The molecule has 2 aliphatic heterocycles. The van der Waals surface area contributed by atoms with Gasteiger partial charge in [-0.05, 0) is 48.5 Å². The third-order valence-electron chi connectivity index (χ3n) is 13.4. The Bertz CT molecular complexity index is 3960. The molecule has 8 bridgehead atoms. The van der Waals surface area contributed by atoms with Gasteiger partial charge < -0.3 is 9.97 Å². The first kappa shape index (κ1) is 36.0. The number of rotatable bonds is 0. The van der Waals surface area contributed by atoms with E-state index in [9.17, 15) is 19.2 Å². The molecule has 9 heterocycles. The maximum absolute atomic E-state index is 13.3. The van der Waals surface area contributed by atoms with Gasteiger partial charge in [-0.1, -0.05) is 0 Å². The van der Waals surface area contributed by atoms with Crippen molar-refractivity contribution in [2.24, 2.45) is 56.4 Å². The molecule has 11 aromatic rings. The van der Waals surface area contributed by atoms with Gasteiger partial charge in [0.2, 0.25) is 0 Å². The second-order valence-corrected chi connectivity index (χ2v) is 16.8. The van der Waals surface area contributed by atoms with Gasteiger partial charge in [-0.25, -0.2) is 49.1 Å². The van der Waals surface area contributed by atoms with Gasteiger partial charge in [0.05, 0.1) is 44.1 Å². The first-order chi connectivity index (χ1) is 30.7. The Morgan fingerprint density at radius 3 is 0.688 bits per heavy atom. The van der Waals surface area contributed by atoms with E-state index in [0.29, 0.717) is 134 Å². The fraction of sp³-hybridized carbons (Fsp3) is 0.182. The summed E-state index contributed by atoms with van der Waals surface area (Å²) in [5, 5.41) is 2.69. The lowest BCUT2D eigenvalue weighted by Crippen LogP contribution is -2.19. The third-order valence-corrected chi connectivity index (χ3v) is 13.4. The standard InChI is InChI=1S/C44H34N16O4/c1-53-25-9-17-18(10-26(25)54(2)41(53)61)34-45-33(17)49-35-19-11-27-28(56(4)42(62)55(27)3)12-20(19)37(46-35)51-39-23-15-31-32(60(8)44(64)59(31)7)16-24(23)40(48-39)52-38-22-14-30-29(57(5)43(63)58(30)6)13-21(22)36(47-38)50-34/h9-16H,1-8H3,(H2,45,46,47,48,49,50,51,52). The number of hydrogen-bond acceptors (Lipinski definition) is 10. The van der Waals surface area contributed by atoms with Crippen LogP contribution in [0.25, 0.3) is 134 Å². The number of aromatic nitrogens is 16. The minimum atomic E-state index is -0.189. The van der Waals surface area contributed by atoms with E-state index in [2.05, 4.69) is 9.97 Å². The molecule has 0 spiro atoms. The molecule has 0 fully saturated rings. The first-order valence-electron chi connectivity index (χ1n) is 20.3. The number of aryl methyl sites for hydroxylation is 8. The van der Waals surface area contributed by atoms with Crippen molar-refractivity contribution < 1.29 is 0 Å². The number of nitrogens with zero attached hydrogens (tertiary/aromatic N) is 14. The van der Waals surface area contributed by atoms with Crippen molar-refractivity contribution in [1.82, 2.24) is 76.4 Å². The molecule has 0 aliphatic carbocycles. The zero-order valence-electron chi connectivity index (χ0n) is 35.5. The zero-order chi connectivity index (χ0) is 44.1. The normalized spacial score (nSPS) is 12.6. The Balaban J connectivity index is 1.26. The van der Waals surface area contributed by atoms with Gasteiger partial charge in [0.25, 0.3) is 0 Å². The molecule has 0 saturated heterocycles. The predicted octanol–water partition coefficient (Wildman–Crippen LogP) is 3.63. The summed E-state index contributed by atoms with van der Waals surface area (Å²) in [4.78, 5) is 91.0. The Labute approximate surface area is 356 Å². The lowest BCUT2D eigenvalue weighted by Gasteiger charge is -2.02. The molecular formula is C44H34N16O4. The van der Waals surface area contributed by atoms with Crippen molar-refractivity contribution in [3.05, 3.63) is 90.5 Å². The van der Waals surface area contributed by atoms with Crippen LogP contribution in [0.2, 0.25) is 0 Å². The summed E-state index contributed by atoms with van der Waals surface area (Å²) in [6.07, 6.45) is 0. The fourth-order valence-electron chi connectivity index (χ4n) is 9.76. The van der Waals surface area contributed by atoms with Crippen LogP contribution < -0.4 is 22.8 Å². The molecule has 20 heteroatoms. The lowest BCUT2D eigenvalue weighted by molar-refractivity contribution is 0.795. The summed E-state index contributed by atoms with van der Waals surface area (Å²) >= 11 is 0. The smallest absolute Gasteiger partial charge is 0.324 e. The first-order valence-corrected chi connectivity index (χ1v) is 20.3.